The smallest absolute Gasteiger partial charge is 0.410 e. The molecule has 4 nitrogen and oxygen atoms in total. The van der Waals surface area contributed by atoms with Crippen LogP contribution >= 0.6 is 0 Å². The van der Waals surface area contributed by atoms with Crippen molar-refractivity contribution in [2.75, 3.05) is 19.6 Å². The highest BCUT2D eigenvalue weighted by atomic mass is 16.6. The first-order valence-corrected chi connectivity index (χ1v) is 5.63. The fraction of sp³-hybridized carbons (Fsp3) is 0.750. The minimum Gasteiger partial charge on any atom is -0.444 e. The molecule has 92 valence electrons. The van der Waals surface area contributed by atoms with Gasteiger partial charge in [0.05, 0.1) is 0 Å². The van der Waals surface area contributed by atoms with Crippen molar-refractivity contribution in [1.82, 2.24) is 10.2 Å². The van der Waals surface area contributed by atoms with E-state index in [4.69, 9.17) is 4.74 Å². The Hall–Kier alpha value is -1.03. The van der Waals surface area contributed by atoms with Gasteiger partial charge in [-0.1, -0.05) is 12.2 Å². The molecule has 1 heterocycles. The van der Waals surface area contributed by atoms with Crippen molar-refractivity contribution in [3.8, 4) is 0 Å². The minimum absolute atomic E-state index is 0.221. The Labute approximate surface area is 97.6 Å². The van der Waals surface area contributed by atoms with Gasteiger partial charge in [0.25, 0.3) is 0 Å². The van der Waals surface area contributed by atoms with E-state index >= 15 is 0 Å². The van der Waals surface area contributed by atoms with Crippen LogP contribution in [0.2, 0.25) is 0 Å². The van der Waals surface area contributed by atoms with Crippen molar-refractivity contribution in [3.05, 3.63) is 12.2 Å². The summed E-state index contributed by atoms with van der Waals surface area (Å²) >= 11 is 0. The predicted octanol–water partition coefficient (Wildman–Crippen LogP) is 1.77. The number of hydrogen-bond acceptors (Lipinski definition) is 3. The molecule has 0 unspecified atom stereocenters. The van der Waals surface area contributed by atoms with E-state index in [-0.39, 0.29) is 6.09 Å². The third kappa shape index (κ3) is 4.23. The number of likely N-dealkylation sites (tertiary alicyclic amines) is 1. The third-order valence-electron chi connectivity index (χ3n) is 2.23. The predicted molar refractivity (Wildman–Crippen MR) is 64.4 cm³/mol. The van der Waals surface area contributed by atoms with E-state index in [1.54, 1.807) is 4.90 Å². The number of nitrogens with one attached hydrogen (secondary N) is 1. The topological polar surface area (TPSA) is 41.6 Å². The van der Waals surface area contributed by atoms with Gasteiger partial charge in [-0.15, -0.1) is 0 Å². The summed E-state index contributed by atoms with van der Waals surface area (Å²) in [5.74, 6) is 0. The Kier molecular flexibility index (Phi) is 3.97. The molecule has 0 saturated carbocycles. The molecule has 16 heavy (non-hydrogen) atoms. The molecule has 0 aliphatic carbocycles. The lowest BCUT2D eigenvalue weighted by molar-refractivity contribution is 0.00565. The van der Waals surface area contributed by atoms with Crippen molar-refractivity contribution in [1.29, 1.82) is 0 Å². The van der Waals surface area contributed by atoms with Crippen LogP contribution < -0.4 is 5.32 Å². The van der Waals surface area contributed by atoms with E-state index in [0.717, 1.165) is 25.2 Å². The van der Waals surface area contributed by atoms with Gasteiger partial charge < -0.3 is 15.0 Å². The Morgan fingerprint density at radius 2 is 2.06 bits per heavy atom. The van der Waals surface area contributed by atoms with Crippen molar-refractivity contribution >= 4 is 6.09 Å². The number of rotatable bonds is 3. The highest BCUT2D eigenvalue weighted by molar-refractivity contribution is 5.69. The Morgan fingerprint density at radius 3 is 2.50 bits per heavy atom. The van der Waals surface area contributed by atoms with Gasteiger partial charge >= 0.3 is 6.09 Å². The van der Waals surface area contributed by atoms with Gasteiger partial charge in [-0.25, -0.2) is 4.79 Å². The molecule has 0 atom stereocenters. The number of carbonyl (C=O) groups excluding carboxylic acids is 1. The summed E-state index contributed by atoms with van der Waals surface area (Å²) < 4.78 is 5.26. The number of hydrogen-bond donors (Lipinski definition) is 1. The highest BCUT2D eigenvalue weighted by Crippen LogP contribution is 2.15. The van der Waals surface area contributed by atoms with Gasteiger partial charge in [-0.2, -0.15) is 0 Å². The van der Waals surface area contributed by atoms with Crippen molar-refractivity contribution in [2.45, 2.75) is 39.3 Å². The number of carbonyl (C=O) groups is 1. The molecule has 1 fully saturated rings. The minimum atomic E-state index is -0.409. The largest absolute Gasteiger partial charge is 0.444 e. The monoisotopic (exact) mass is 226 g/mol. The van der Waals surface area contributed by atoms with Crippen LogP contribution in [0.4, 0.5) is 4.79 Å². The summed E-state index contributed by atoms with van der Waals surface area (Å²) in [7, 11) is 0. The van der Waals surface area contributed by atoms with E-state index in [2.05, 4.69) is 11.9 Å². The number of ether oxygens (including phenoxy) is 1. The van der Waals surface area contributed by atoms with E-state index in [9.17, 15) is 4.79 Å². The van der Waals surface area contributed by atoms with Crippen LogP contribution in [0.25, 0.3) is 0 Å². The third-order valence-corrected chi connectivity index (χ3v) is 2.23. The molecular weight excluding hydrogens is 204 g/mol. The number of amides is 1. The maximum absolute atomic E-state index is 11.6. The molecule has 0 radical (unpaired) electrons. The zero-order valence-electron chi connectivity index (χ0n) is 10.7. The summed E-state index contributed by atoms with van der Waals surface area (Å²) in [5.41, 5.74) is 0.698. The first-order valence-electron chi connectivity index (χ1n) is 5.63. The molecule has 4 heteroatoms. The molecule has 1 aliphatic heterocycles. The second kappa shape index (κ2) is 4.87. The lowest BCUT2D eigenvalue weighted by Gasteiger charge is -2.40. The first kappa shape index (κ1) is 13.0. The molecule has 1 saturated heterocycles. The van der Waals surface area contributed by atoms with Crippen molar-refractivity contribution < 1.29 is 9.53 Å². The second-order valence-corrected chi connectivity index (χ2v) is 5.42. The molecule has 1 rings (SSSR count). The van der Waals surface area contributed by atoms with Crippen LogP contribution in [0.15, 0.2) is 12.2 Å². The van der Waals surface area contributed by atoms with Gasteiger partial charge in [0.15, 0.2) is 0 Å². The molecular formula is C12H22N2O2. The van der Waals surface area contributed by atoms with Crippen molar-refractivity contribution in [3.63, 3.8) is 0 Å². The van der Waals surface area contributed by atoms with Gasteiger partial charge in [-0.05, 0) is 27.7 Å². The lowest BCUT2D eigenvalue weighted by Crippen LogP contribution is -2.60. The van der Waals surface area contributed by atoms with Gasteiger partial charge in [-0.3, -0.25) is 0 Å². The molecule has 0 bridgehead atoms. The van der Waals surface area contributed by atoms with Crippen LogP contribution in [0.5, 0.6) is 0 Å². The average Bonchev–Trinajstić information content (AvgIpc) is 1.96. The van der Waals surface area contributed by atoms with Crippen LogP contribution in [0.3, 0.4) is 0 Å². The number of nitrogens with zero attached hydrogens (tertiary/aromatic N) is 1. The summed E-state index contributed by atoms with van der Waals surface area (Å²) in [6.45, 7) is 13.7. The zero-order valence-corrected chi connectivity index (χ0v) is 10.7. The summed E-state index contributed by atoms with van der Waals surface area (Å²) in [5, 5.41) is 3.32. The quantitative estimate of drug-likeness (QED) is 0.746. The molecule has 0 aromatic heterocycles. The maximum atomic E-state index is 11.6. The Bertz CT molecular complexity index is 275. The molecule has 0 aromatic carbocycles. The Balaban J connectivity index is 2.20. The SMILES string of the molecule is C=C(C)CNC1CN(C(=O)OC(C)(C)C)C1. The van der Waals surface area contributed by atoms with Crippen LogP contribution in [0, 0.1) is 0 Å². The van der Waals surface area contributed by atoms with E-state index in [0.29, 0.717) is 6.04 Å². The standard InChI is InChI=1S/C12H22N2O2/c1-9(2)6-13-10-7-14(8-10)11(15)16-12(3,4)5/h10,13H,1,6-8H2,2-5H3. The highest BCUT2D eigenvalue weighted by Gasteiger charge is 2.33. The fourth-order valence-electron chi connectivity index (χ4n) is 1.40. The van der Waals surface area contributed by atoms with Crippen LogP contribution in [-0.4, -0.2) is 42.3 Å². The van der Waals surface area contributed by atoms with Crippen molar-refractivity contribution in [2.24, 2.45) is 0 Å². The van der Waals surface area contributed by atoms with E-state index in [1.165, 1.54) is 0 Å². The second-order valence-electron chi connectivity index (χ2n) is 5.42. The summed E-state index contributed by atoms with van der Waals surface area (Å²) in [6, 6.07) is 0.379. The molecule has 0 aromatic rings. The van der Waals surface area contributed by atoms with Gasteiger partial charge in [0, 0.05) is 25.7 Å². The van der Waals surface area contributed by atoms with E-state index in [1.807, 2.05) is 27.7 Å². The van der Waals surface area contributed by atoms with Gasteiger partial charge in [0.1, 0.15) is 5.60 Å². The molecule has 1 amide bonds. The normalized spacial score (nSPS) is 16.9. The summed E-state index contributed by atoms with van der Waals surface area (Å²) in [6.07, 6.45) is -0.221. The van der Waals surface area contributed by atoms with Crippen LogP contribution in [-0.2, 0) is 4.74 Å². The lowest BCUT2D eigenvalue weighted by atomic mass is 10.1. The average molecular weight is 226 g/mol. The molecule has 1 N–H and O–H groups in total. The van der Waals surface area contributed by atoms with Gasteiger partial charge in [0.2, 0.25) is 0 Å². The Morgan fingerprint density at radius 1 is 1.50 bits per heavy atom. The molecule has 1 aliphatic rings. The zero-order chi connectivity index (χ0) is 12.3. The maximum Gasteiger partial charge on any atom is 0.410 e. The summed E-state index contributed by atoms with van der Waals surface area (Å²) in [4.78, 5) is 13.3. The van der Waals surface area contributed by atoms with E-state index < -0.39 is 5.60 Å². The van der Waals surface area contributed by atoms with Crippen LogP contribution in [0.1, 0.15) is 27.7 Å². The molecule has 0 spiro atoms. The first-order chi connectivity index (χ1) is 7.28. The fourth-order valence-corrected chi connectivity index (χ4v) is 1.40.